The molecule has 26 heavy (non-hydrogen) atoms. The molecular weight excluding hydrogens is 328 g/mol. The third-order valence-corrected chi connectivity index (χ3v) is 5.45. The van der Waals surface area contributed by atoms with E-state index in [0.717, 1.165) is 53.8 Å². The number of benzene rings is 1. The molecule has 1 saturated heterocycles. The molecule has 0 aliphatic carbocycles. The second kappa shape index (κ2) is 6.59. The van der Waals surface area contributed by atoms with Gasteiger partial charge in [-0.3, -0.25) is 4.79 Å². The molecule has 2 atom stereocenters. The molecule has 1 aliphatic rings. The lowest BCUT2D eigenvalue weighted by Gasteiger charge is -2.46. The first-order valence-corrected chi connectivity index (χ1v) is 9.30. The summed E-state index contributed by atoms with van der Waals surface area (Å²) in [5.74, 6) is 0.978. The van der Waals surface area contributed by atoms with E-state index < -0.39 is 0 Å². The molecule has 6 heteroatoms. The van der Waals surface area contributed by atoms with Crippen molar-refractivity contribution >= 4 is 33.8 Å². The monoisotopic (exact) mass is 352 g/mol. The lowest BCUT2D eigenvalue weighted by atomic mass is 10.0. The smallest absolute Gasteiger partial charge is 0.219 e. The Kier molecular flexibility index (Phi) is 4.26. The van der Waals surface area contributed by atoms with Crippen LogP contribution in [0.4, 0.5) is 5.82 Å². The number of hydrogen-bond donors (Lipinski definition) is 0. The number of hydrogen-bond acceptors (Lipinski definition) is 5. The fraction of sp³-hybridized carbons (Fsp3) is 0.450. The third kappa shape index (κ3) is 2.60. The van der Waals surface area contributed by atoms with Gasteiger partial charge in [0, 0.05) is 37.5 Å². The maximum absolute atomic E-state index is 12.1. The van der Waals surface area contributed by atoms with Gasteiger partial charge in [0.1, 0.15) is 17.4 Å². The van der Waals surface area contributed by atoms with Crippen molar-refractivity contribution in [3.8, 4) is 0 Å². The SMILES string of the molecule is CC[C@H]1CN(c2ncnc3c2oc2ccccc23)[C@H](CC)CN1C(C)=O. The van der Waals surface area contributed by atoms with Gasteiger partial charge in [-0.2, -0.15) is 0 Å². The average molecular weight is 352 g/mol. The number of rotatable bonds is 3. The number of carbonyl (C=O) groups excluding carboxylic acids is 1. The first-order chi connectivity index (χ1) is 12.6. The quantitative estimate of drug-likeness (QED) is 0.721. The Bertz CT molecular complexity index is 951. The molecule has 4 rings (SSSR count). The molecule has 0 saturated carbocycles. The number of nitrogens with zero attached hydrogens (tertiary/aromatic N) is 4. The molecular formula is C20H24N4O2. The third-order valence-electron chi connectivity index (χ3n) is 5.45. The number of aromatic nitrogens is 2. The van der Waals surface area contributed by atoms with Crippen LogP contribution >= 0.6 is 0 Å². The van der Waals surface area contributed by atoms with E-state index in [2.05, 4.69) is 28.7 Å². The molecule has 1 aromatic carbocycles. The van der Waals surface area contributed by atoms with Gasteiger partial charge in [0.05, 0.1) is 0 Å². The fourth-order valence-corrected chi connectivity index (χ4v) is 4.01. The highest BCUT2D eigenvalue weighted by atomic mass is 16.3. The zero-order valence-corrected chi connectivity index (χ0v) is 15.5. The molecule has 1 aliphatic heterocycles. The molecule has 6 nitrogen and oxygen atoms in total. The van der Waals surface area contributed by atoms with Gasteiger partial charge in [0.15, 0.2) is 11.4 Å². The van der Waals surface area contributed by atoms with Crippen LogP contribution in [0.25, 0.3) is 22.1 Å². The summed E-state index contributed by atoms with van der Waals surface area (Å²) in [4.78, 5) is 25.4. The van der Waals surface area contributed by atoms with Crippen LogP contribution in [0, 0.1) is 0 Å². The number of furan rings is 1. The second-order valence-electron chi connectivity index (χ2n) is 6.92. The largest absolute Gasteiger partial charge is 0.450 e. The van der Waals surface area contributed by atoms with Crippen molar-refractivity contribution in [1.82, 2.24) is 14.9 Å². The summed E-state index contributed by atoms with van der Waals surface area (Å²) in [7, 11) is 0. The number of carbonyl (C=O) groups is 1. The van der Waals surface area contributed by atoms with Crippen molar-refractivity contribution < 1.29 is 9.21 Å². The summed E-state index contributed by atoms with van der Waals surface area (Å²) in [5, 5.41) is 1.01. The Balaban J connectivity index is 1.82. The highest BCUT2D eigenvalue weighted by molar-refractivity contribution is 6.05. The average Bonchev–Trinajstić information content (AvgIpc) is 3.05. The molecule has 1 fully saturated rings. The van der Waals surface area contributed by atoms with Gasteiger partial charge in [0.25, 0.3) is 0 Å². The number of amides is 1. The van der Waals surface area contributed by atoms with Crippen LogP contribution in [0.5, 0.6) is 0 Å². The van der Waals surface area contributed by atoms with Gasteiger partial charge in [-0.25, -0.2) is 9.97 Å². The van der Waals surface area contributed by atoms with Crippen LogP contribution in [-0.4, -0.2) is 45.9 Å². The minimum Gasteiger partial charge on any atom is -0.450 e. The number of fused-ring (bicyclic) bond motifs is 3. The van der Waals surface area contributed by atoms with Crippen LogP contribution < -0.4 is 4.90 Å². The van der Waals surface area contributed by atoms with Gasteiger partial charge in [0.2, 0.25) is 5.91 Å². The van der Waals surface area contributed by atoms with Crippen molar-refractivity contribution in [2.75, 3.05) is 18.0 Å². The highest BCUT2D eigenvalue weighted by Gasteiger charge is 2.35. The number of piperazine rings is 1. The zero-order valence-electron chi connectivity index (χ0n) is 15.5. The molecule has 0 unspecified atom stereocenters. The fourth-order valence-electron chi connectivity index (χ4n) is 4.01. The van der Waals surface area contributed by atoms with E-state index in [9.17, 15) is 4.79 Å². The Labute approximate surface area is 152 Å². The van der Waals surface area contributed by atoms with E-state index in [1.165, 1.54) is 0 Å². The Hall–Kier alpha value is -2.63. The molecule has 3 heterocycles. The van der Waals surface area contributed by atoms with Gasteiger partial charge >= 0.3 is 0 Å². The van der Waals surface area contributed by atoms with Crippen LogP contribution in [0.3, 0.4) is 0 Å². The molecule has 0 bridgehead atoms. The van der Waals surface area contributed by atoms with E-state index in [0.29, 0.717) is 0 Å². The molecule has 0 N–H and O–H groups in total. The van der Waals surface area contributed by atoms with Crippen LogP contribution in [-0.2, 0) is 4.79 Å². The van der Waals surface area contributed by atoms with Gasteiger partial charge in [-0.05, 0) is 25.0 Å². The van der Waals surface area contributed by atoms with Crippen molar-refractivity contribution in [2.45, 2.75) is 45.7 Å². The molecule has 0 spiro atoms. The molecule has 2 aromatic heterocycles. The van der Waals surface area contributed by atoms with Gasteiger partial charge in [-0.1, -0.05) is 26.0 Å². The van der Waals surface area contributed by atoms with Crippen molar-refractivity contribution in [1.29, 1.82) is 0 Å². The lowest BCUT2D eigenvalue weighted by molar-refractivity contribution is -0.132. The molecule has 1 amide bonds. The molecule has 3 aromatic rings. The summed E-state index contributed by atoms with van der Waals surface area (Å²) < 4.78 is 6.13. The number of para-hydroxylation sites is 1. The summed E-state index contributed by atoms with van der Waals surface area (Å²) in [6.45, 7) is 7.42. The van der Waals surface area contributed by atoms with E-state index in [1.54, 1.807) is 13.3 Å². The Morgan fingerprint density at radius 1 is 1.15 bits per heavy atom. The maximum Gasteiger partial charge on any atom is 0.219 e. The van der Waals surface area contributed by atoms with Gasteiger partial charge in [-0.15, -0.1) is 0 Å². The summed E-state index contributed by atoms with van der Waals surface area (Å²) in [6, 6.07) is 8.34. The first kappa shape index (κ1) is 16.8. The lowest BCUT2D eigenvalue weighted by Crippen LogP contribution is -2.59. The van der Waals surface area contributed by atoms with Crippen molar-refractivity contribution in [2.24, 2.45) is 0 Å². The topological polar surface area (TPSA) is 62.5 Å². The van der Waals surface area contributed by atoms with E-state index in [1.807, 2.05) is 29.2 Å². The van der Waals surface area contributed by atoms with E-state index >= 15 is 0 Å². The van der Waals surface area contributed by atoms with E-state index in [-0.39, 0.29) is 18.0 Å². The van der Waals surface area contributed by atoms with Crippen LogP contribution in [0.2, 0.25) is 0 Å². The predicted molar refractivity (Wildman–Crippen MR) is 102 cm³/mol. The van der Waals surface area contributed by atoms with Crippen molar-refractivity contribution in [3.05, 3.63) is 30.6 Å². The summed E-state index contributed by atoms with van der Waals surface area (Å²) in [5.41, 5.74) is 2.41. The first-order valence-electron chi connectivity index (χ1n) is 9.30. The van der Waals surface area contributed by atoms with Crippen molar-refractivity contribution in [3.63, 3.8) is 0 Å². The normalized spacial score (nSPS) is 20.9. The highest BCUT2D eigenvalue weighted by Crippen LogP contribution is 2.34. The second-order valence-corrected chi connectivity index (χ2v) is 6.92. The van der Waals surface area contributed by atoms with E-state index in [4.69, 9.17) is 4.42 Å². The minimum atomic E-state index is 0.145. The zero-order chi connectivity index (χ0) is 18.3. The molecule has 0 radical (unpaired) electrons. The number of anilines is 1. The molecule has 136 valence electrons. The summed E-state index contributed by atoms with van der Waals surface area (Å²) >= 11 is 0. The standard InChI is InChI=1S/C20H24N4O2/c1-4-14-11-24(15(5-2)10-23(14)13(3)25)20-19-18(21-12-22-20)16-8-6-7-9-17(16)26-19/h6-9,12,14-15H,4-5,10-11H2,1-3H3/t14-,15+/m0/s1. The van der Waals surface area contributed by atoms with Crippen LogP contribution in [0.15, 0.2) is 35.0 Å². The summed E-state index contributed by atoms with van der Waals surface area (Å²) in [6.07, 6.45) is 3.47. The van der Waals surface area contributed by atoms with Gasteiger partial charge < -0.3 is 14.2 Å². The Morgan fingerprint density at radius 3 is 2.65 bits per heavy atom. The Morgan fingerprint density at radius 2 is 1.92 bits per heavy atom. The maximum atomic E-state index is 12.1. The predicted octanol–water partition coefficient (Wildman–Crippen LogP) is 3.60. The minimum absolute atomic E-state index is 0.145. The van der Waals surface area contributed by atoms with Crippen LogP contribution in [0.1, 0.15) is 33.6 Å².